The second-order valence-corrected chi connectivity index (χ2v) is 10.2. The highest BCUT2D eigenvalue weighted by Crippen LogP contribution is 2.13. The summed E-state index contributed by atoms with van der Waals surface area (Å²) < 4.78 is 10.0. The quantitative estimate of drug-likeness (QED) is 0.0594. The van der Waals surface area contributed by atoms with Gasteiger partial charge in [-0.05, 0) is 25.7 Å². The fourth-order valence-electron chi connectivity index (χ4n) is 4.15. The van der Waals surface area contributed by atoms with E-state index in [-0.39, 0.29) is 19.3 Å². The standard InChI is InChI=1S/C29H56N2O5/c1-3-5-7-9-11-13-15-17-19-21-26(31)35-29(34)25(30)23-24-28(33)36-27(32)22-20-18-16-14-12-10-8-6-4-2/h25-26H,3-24,30-31H2,1-2H3/t25-,26?/m0/s1. The van der Waals surface area contributed by atoms with Crippen molar-refractivity contribution in [2.45, 2.75) is 167 Å². The van der Waals surface area contributed by atoms with Crippen molar-refractivity contribution >= 4 is 17.9 Å². The van der Waals surface area contributed by atoms with Gasteiger partial charge in [0.2, 0.25) is 0 Å². The molecular weight excluding hydrogens is 456 g/mol. The van der Waals surface area contributed by atoms with Crippen molar-refractivity contribution in [1.82, 2.24) is 0 Å². The van der Waals surface area contributed by atoms with Crippen LogP contribution in [0.3, 0.4) is 0 Å². The van der Waals surface area contributed by atoms with Crippen LogP contribution in [-0.2, 0) is 23.9 Å². The van der Waals surface area contributed by atoms with E-state index in [4.69, 9.17) is 20.9 Å². The SMILES string of the molecule is CCCCCCCCCCCC(=O)OC(=O)CC[C@H](N)C(=O)OC(N)CCCCCCCCCCC. The molecule has 0 aliphatic carbocycles. The summed E-state index contributed by atoms with van der Waals surface area (Å²) in [5.74, 6) is -1.78. The first-order valence-electron chi connectivity index (χ1n) is 14.9. The maximum Gasteiger partial charge on any atom is 0.324 e. The Balaban J connectivity index is 3.73. The molecule has 0 radical (unpaired) electrons. The Morgan fingerprint density at radius 3 is 1.47 bits per heavy atom. The highest BCUT2D eigenvalue weighted by molar-refractivity contribution is 5.85. The third-order valence-corrected chi connectivity index (χ3v) is 6.53. The molecule has 1 unspecified atom stereocenters. The Kier molecular flexibility index (Phi) is 24.2. The van der Waals surface area contributed by atoms with Crippen molar-refractivity contribution in [3.05, 3.63) is 0 Å². The van der Waals surface area contributed by atoms with E-state index >= 15 is 0 Å². The van der Waals surface area contributed by atoms with Crippen LogP contribution in [0.4, 0.5) is 0 Å². The molecule has 0 aromatic heterocycles. The minimum Gasteiger partial charge on any atom is -0.446 e. The minimum atomic E-state index is -0.959. The molecule has 7 nitrogen and oxygen atoms in total. The molecule has 4 N–H and O–H groups in total. The Morgan fingerprint density at radius 1 is 0.556 bits per heavy atom. The Hall–Kier alpha value is -1.47. The predicted octanol–water partition coefficient (Wildman–Crippen LogP) is 6.83. The number of unbranched alkanes of at least 4 members (excludes halogenated alkanes) is 16. The molecular formula is C29H56N2O5. The smallest absolute Gasteiger partial charge is 0.324 e. The molecule has 0 heterocycles. The van der Waals surface area contributed by atoms with E-state index in [0.29, 0.717) is 6.42 Å². The summed E-state index contributed by atoms with van der Waals surface area (Å²) in [7, 11) is 0. The zero-order valence-electron chi connectivity index (χ0n) is 23.4. The first-order chi connectivity index (χ1) is 17.4. The van der Waals surface area contributed by atoms with Crippen LogP contribution < -0.4 is 11.5 Å². The van der Waals surface area contributed by atoms with Crippen molar-refractivity contribution in [1.29, 1.82) is 0 Å². The fraction of sp³-hybridized carbons (Fsp3) is 0.897. The van der Waals surface area contributed by atoms with E-state index < -0.39 is 30.2 Å². The first kappa shape index (κ1) is 34.5. The van der Waals surface area contributed by atoms with Gasteiger partial charge in [0, 0.05) is 12.8 Å². The topological polar surface area (TPSA) is 122 Å². The van der Waals surface area contributed by atoms with Crippen LogP contribution in [0.1, 0.15) is 155 Å². The van der Waals surface area contributed by atoms with E-state index in [2.05, 4.69) is 13.8 Å². The van der Waals surface area contributed by atoms with E-state index in [1.165, 1.54) is 83.5 Å². The molecule has 0 aromatic carbocycles. The molecule has 0 amide bonds. The highest BCUT2D eigenvalue weighted by atomic mass is 16.6. The molecule has 0 saturated carbocycles. The molecule has 0 saturated heterocycles. The van der Waals surface area contributed by atoms with Crippen LogP contribution in [0.25, 0.3) is 0 Å². The summed E-state index contributed by atoms with van der Waals surface area (Å²) in [4.78, 5) is 35.8. The molecule has 212 valence electrons. The first-order valence-corrected chi connectivity index (χ1v) is 14.9. The van der Waals surface area contributed by atoms with E-state index in [9.17, 15) is 14.4 Å². The summed E-state index contributed by atoms with van der Waals surface area (Å²) >= 11 is 0. The second-order valence-electron chi connectivity index (χ2n) is 10.2. The van der Waals surface area contributed by atoms with Crippen LogP contribution in [-0.4, -0.2) is 30.2 Å². The van der Waals surface area contributed by atoms with Crippen molar-refractivity contribution in [3.63, 3.8) is 0 Å². The average molecular weight is 513 g/mol. The zero-order chi connectivity index (χ0) is 26.9. The van der Waals surface area contributed by atoms with Crippen LogP contribution in [0.2, 0.25) is 0 Å². The van der Waals surface area contributed by atoms with Crippen molar-refractivity contribution < 1.29 is 23.9 Å². The molecule has 36 heavy (non-hydrogen) atoms. The summed E-state index contributed by atoms with van der Waals surface area (Å²) in [5, 5.41) is 0. The lowest BCUT2D eigenvalue weighted by Crippen LogP contribution is -2.38. The van der Waals surface area contributed by atoms with Crippen LogP contribution in [0.15, 0.2) is 0 Å². The lowest BCUT2D eigenvalue weighted by molar-refractivity contribution is -0.159. The summed E-state index contributed by atoms with van der Waals surface area (Å²) in [6.45, 7) is 4.43. The van der Waals surface area contributed by atoms with Gasteiger partial charge >= 0.3 is 17.9 Å². The molecule has 0 aromatic rings. The van der Waals surface area contributed by atoms with Gasteiger partial charge in [0.25, 0.3) is 0 Å². The minimum absolute atomic E-state index is 0.0632. The van der Waals surface area contributed by atoms with Crippen LogP contribution >= 0.6 is 0 Å². The van der Waals surface area contributed by atoms with Crippen molar-refractivity contribution in [2.24, 2.45) is 11.5 Å². The average Bonchev–Trinajstić information content (AvgIpc) is 2.85. The second kappa shape index (κ2) is 25.2. The summed E-state index contributed by atoms with van der Waals surface area (Å²) in [6.07, 6.45) is 21.4. The van der Waals surface area contributed by atoms with Gasteiger partial charge in [-0.1, -0.05) is 117 Å². The van der Waals surface area contributed by atoms with Gasteiger partial charge in [-0.25, -0.2) is 0 Å². The molecule has 0 spiro atoms. The molecule has 0 rings (SSSR count). The number of carbonyl (C=O) groups is 3. The lowest BCUT2D eigenvalue weighted by Gasteiger charge is -2.16. The molecule has 2 atom stereocenters. The van der Waals surface area contributed by atoms with Gasteiger partial charge in [0.15, 0.2) is 6.23 Å². The molecule has 0 aliphatic heterocycles. The van der Waals surface area contributed by atoms with E-state index in [1.807, 2.05) is 0 Å². The number of carbonyl (C=O) groups excluding carboxylic acids is 3. The van der Waals surface area contributed by atoms with Gasteiger partial charge in [0.1, 0.15) is 6.04 Å². The van der Waals surface area contributed by atoms with E-state index in [1.54, 1.807) is 0 Å². The fourth-order valence-corrected chi connectivity index (χ4v) is 4.15. The van der Waals surface area contributed by atoms with E-state index in [0.717, 1.165) is 32.1 Å². The molecule has 0 aliphatic rings. The van der Waals surface area contributed by atoms with Crippen molar-refractivity contribution in [2.75, 3.05) is 0 Å². The van der Waals surface area contributed by atoms with Crippen LogP contribution in [0, 0.1) is 0 Å². The molecule has 0 bridgehead atoms. The Bertz CT molecular complexity index is 556. The highest BCUT2D eigenvalue weighted by Gasteiger charge is 2.20. The largest absolute Gasteiger partial charge is 0.446 e. The molecule has 0 fully saturated rings. The van der Waals surface area contributed by atoms with Gasteiger partial charge in [-0.15, -0.1) is 0 Å². The number of hydrogen-bond donors (Lipinski definition) is 2. The summed E-state index contributed by atoms with van der Waals surface area (Å²) in [6, 6.07) is -0.959. The number of nitrogens with two attached hydrogens (primary N) is 2. The summed E-state index contributed by atoms with van der Waals surface area (Å²) in [5.41, 5.74) is 11.7. The normalized spacial score (nSPS) is 12.8. The van der Waals surface area contributed by atoms with Gasteiger partial charge in [0.05, 0.1) is 0 Å². The maximum absolute atomic E-state index is 12.1. The van der Waals surface area contributed by atoms with Crippen LogP contribution in [0.5, 0.6) is 0 Å². The number of hydrogen-bond acceptors (Lipinski definition) is 7. The van der Waals surface area contributed by atoms with Crippen molar-refractivity contribution in [3.8, 4) is 0 Å². The van der Waals surface area contributed by atoms with Gasteiger partial charge in [-0.3, -0.25) is 20.1 Å². The number of esters is 3. The van der Waals surface area contributed by atoms with Gasteiger partial charge in [-0.2, -0.15) is 0 Å². The van der Waals surface area contributed by atoms with Gasteiger partial charge < -0.3 is 15.2 Å². The monoisotopic (exact) mass is 512 g/mol. The Morgan fingerprint density at radius 2 is 0.972 bits per heavy atom. The number of rotatable bonds is 25. The zero-order valence-corrected chi connectivity index (χ0v) is 23.4. The predicted molar refractivity (Wildman–Crippen MR) is 146 cm³/mol. The lowest BCUT2D eigenvalue weighted by atomic mass is 10.1. The third-order valence-electron chi connectivity index (χ3n) is 6.53. The molecule has 7 heteroatoms. The third kappa shape index (κ3) is 23.0. The number of ether oxygens (including phenoxy) is 2. The Labute approximate surface area is 220 Å². The maximum atomic E-state index is 12.1.